The van der Waals surface area contributed by atoms with E-state index in [2.05, 4.69) is 12.2 Å². The van der Waals surface area contributed by atoms with Crippen LogP contribution in [0.1, 0.15) is 13.3 Å². The van der Waals surface area contributed by atoms with E-state index in [4.69, 9.17) is 11.5 Å². The van der Waals surface area contributed by atoms with Gasteiger partial charge in [0.15, 0.2) is 0 Å². The van der Waals surface area contributed by atoms with E-state index in [0.717, 1.165) is 11.5 Å². The van der Waals surface area contributed by atoms with Gasteiger partial charge in [0, 0.05) is 5.69 Å². The second-order valence-corrected chi connectivity index (χ2v) is 5.25. The predicted molar refractivity (Wildman–Crippen MR) is 76.7 cm³/mol. The predicted octanol–water partition coefficient (Wildman–Crippen LogP) is 1.38. The molecule has 0 aliphatic heterocycles. The Balaban J connectivity index is 2.50. The third kappa shape index (κ3) is 4.46. The van der Waals surface area contributed by atoms with Crippen molar-refractivity contribution in [3.63, 3.8) is 0 Å². The summed E-state index contributed by atoms with van der Waals surface area (Å²) in [7, 11) is 0. The highest BCUT2D eigenvalue weighted by molar-refractivity contribution is 7.99. The molecule has 1 rings (SSSR count). The number of nitrogens with one attached hydrogen (secondary N) is 1. The number of nitrogens with two attached hydrogens (primary N) is 2. The number of amides is 1. The van der Waals surface area contributed by atoms with Crippen LogP contribution in [0.15, 0.2) is 18.2 Å². The van der Waals surface area contributed by atoms with Gasteiger partial charge in [-0.2, -0.15) is 11.8 Å². The topological polar surface area (TPSA) is 101 Å². The van der Waals surface area contributed by atoms with E-state index >= 15 is 0 Å². The number of carbonyl (C=O) groups is 1. The number of rotatable bonds is 6. The summed E-state index contributed by atoms with van der Waals surface area (Å²) in [5.41, 5.74) is 12.1. The van der Waals surface area contributed by atoms with E-state index in [1.807, 2.05) is 0 Å². The van der Waals surface area contributed by atoms with Gasteiger partial charge in [-0.25, -0.2) is 0 Å². The first-order chi connectivity index (χ1) is 8.54. The molecular weight excluding hydrogens is 250 g/mol. The van der Waals surface area contributed by atoms with Gasteiger partial charge in [-0.15, -0.1) is 0 Å². The van der Waals surface area contributed by atoms with Crippen molar-refractivity contribution in [2.45, 2.75) is 19.4 Å². The van der Waals surface area contributed by atoms with Crippen LogP contribution in [0.25, 0.3) is 0 Å². The molecule has 0 aromatic heterocycles. The summed E-state index contributed by atoms with van der Waals surface area (Å²) in [5.74, 6) is 1.64. The maximum Gasteiger partial charge on any atom is 0.241 e. The second-order valence-electron chi connectivity index (χ2n) is 3.85. The van der Waals surface area contributed by atoms with Crippen LogP contribution in [-0.4, -0.2) is 28.6 Å². The minimum Gasteiger partial charge on any atom is -0.506 e. The molecular formula is C12H19N3O2S. The zero-order chi connectivity index (χ0) is 13.5. The fourth-order valence-corrected chi connectivity index (χ4v) is 2.06. The standard InChI is InChI=1S/C12H19N3O2S/c1-2-18-6-5-9(13)12(17)15-8-3-4-11(16)10(14)7-8/h3-4,7,9,16H,2,5-6,13-14H2,1H3,(H,15,17)/t9-/m0/s1. The first-order valence-corrected chi connectivity index (χ1v) is 6.92. The van der Waals surface area contributed by atoms with Crippen LogP contribution in [0.2, 0.25) is 0 Å². The Bertz CT molecular complexity index is 412. The third-order valence-corrected chi connectivity index (χ3v) is 3.34. The molecule has 0 aliphatic rings. The summed E-state index contributed by atoms with van der Waals surface area (Å²) >= 11 is 1.75. The maximum absolute atomic E-state index is 11.8. The van der Waals surface area contributed by atoms with Gasteiger partial charge in [0.25, 0.3) is 0 Å². The Hall–Kier alpha value is -1.40. The van der Waals surface area contributed by atoms with Crippen molar-refractivity contribution < 1.29 is 9.90 Å². The number of nitrogen functional groups attached to an aromatic ring is 1. The number of phenols is 1. The number of carbonyl (C=O) groups excluding carboxylic acids is 1. The highest BCUT2D eigenvalue weighted by Gasteiger charge is 2.13. The third-order valence-electron chi connectivity index (χ3n) is 2.41. The van der Waals surface area contributed by atoms with Crippen LogP contribution in [0, 0.1) is 0 Å². The van der Waals surface area contributed by atoms with Gasteiger partial charge in [-0.05, 0) is 36.1 Å². The fourth-order valence-electron chi connectivity index (χ4n) is 1.35. The molecule has 0 heterocycles. The van der Waals surface area contributed by atoms with Crippen LogP contribution in [-0.2, 0) is 4.79 Å². The van der Waals surface area contributed by atoms with Crippen molar-refractivity contribution in [3.05, 3.63) is 18.2 Å². The summed E-state index contributed by atoms with van der Waals surface area (Å²) in [6.07, 6.45) is 0.637. The van der Waals surface area contributed by atoms with Gasteiger partial charge in [-0.1, -0.05) is 6.92 Å². The largest absolute Gasteiger partial charge is 0.506 e. The van der Waals surface area contributed by atoms with Crippen molar-refractivity contribution >= 4 is 29.0 Å². The Labute approximate surface area is 111 Å². The average molecular weight is 269 g/mol. The lowest BCUT2D eigenvalue weighted by molar-refractivity contribution is -0.117. The van der Waals surface area contributed by atoms with E-state index in [0.29, 0.717) is 12.1 Å². The Morgan fingerprint density at radius 3 is 2.89 bits per heavy atom. The lowest BCUT2D eigenvalue weighted by Gasteiger charge is -2.12. The molecule has 0 unspecified atom stereocenters. The van der Waals surface area contributed by atoms with Crippen LogP contribution in [0.4, 0.5) is 11.4 Å². The molecule has 0 saturated heterocycles. The number of benzene rings is 1. The molecule has 1 amide bonds. The van der Waals surface area contributed by atoms with E-state index in [-0.39, 0.29) is 17.3 Å². The average Bonchev–Trinajstić information content (AvgIpc) is 2.34. The van der Waals surface area contributed by atoms with Crippen LogP contribution < -0.4 is 16.8 Å². The Kier molecular flexibility index (Phi) is 5.80. The maximum atomic E-state index is 11.8. The second kappa shape index (κ2) is 7.13. The van der Waals surface area contributed by atoms with E-state index < -0.39 is 6.04 Å². The number of aromatic hydroxyl groups is 1. The number of hydrogen-bond donors (Lipinski definition) is 4. The molecule has 1 atom stereocenters. The minimum absolute atomic E-state index is 0.00311. The smallest absolute Gasteiger partial charge is 0.241 e. The molecule has 1 aromatic rings. The molecule has 0 bridgehead atoms. The van der Waals surface area contributed by atoms with Crippen molar-refractivity contribution in [2.24, 2.45) is 5.73 Å². The van der Waals surface area contributed by atoms with Gasteiger partial charge < -0.3 is 21.9 Å². The van der Waals surface area contributed by atoms with Gasteiger partial charge in [-0.3, -0.25) is 4.79 Å². The summed E-state index contributed by atoms with van der Waals surface area (Å²) in [6.45, 7) is 2.06. The molecule has 0 spiro atoms. The molecule has 0 fully saturated rings. The molecule has 18 heavy (non-hydrogen) atoms. The minimum atomic E-state index is -0.529. The van der Waals surface area contributed by atoms with E-state index in [1.54, 1.807) is 17.8 Å². The summed E-state index contributed by atoms with van der Waals surface area (Å²) < 4.78 is 0. The van der Waals surface area contributed by atoms with Gasteiger partial charge in [0.05, 0.1) is 11.7 Å². The summed E-state index contributed by atoms with van der Waals surface area (Å²) in [4.78, 5) is 11.8. The van der Waals surface area contributed by atoms with Gasteiger partial charge in [0.2, 0.25) is 5.91 Å². The molecule has 6 heteroatoms. The number of hydrogen-bond acceptors (Lipinski definition) is 5. The number of phenolic OH excluding ortho intramolecular Hbond substituents is 1. The fraction of sp³-hybridized carbons (Fsp3) is 0.417. The van der Waals surface area contributed by atoms with Gasteiger partial charge in [0.1, 0.15) is 5.75 Å². The van der Waals surface area contributed by atoms with E-state index in [1.165, 1.54) is 12.1 Å². The molecule has 0 aliphatic carbocycles. The summed E-state index contributed by atoms with van der Waals surface area (Å²) in [6, 6.07) is 3.99. The molecule has 0 saturated carbocycles. The van der Waals surface area contributed by atoms with Crippen LogP contribution in [0.5, 0.6) is 5.75 Å². The summed E-state index contributed by atoms with van der Waals surface area (Å²) in [5, 5.41) is 11.9. The molecule has 6 N–H and O–H groups in total. The van der Waals surface area contributed by atoms with Gasteiger partial charge >= 0.3 is 0 Å². The van der Waals surface area contributed by atoms with Crippen molar-refractivity contribution in [1.29, 1.82) is 0 Å². The lowest BCUT2D eigenvalue weighted by Crippen LogP contribution is -2.36. The monoisotopic (exact) mass is 269 g/mol. The highest BCUT2D eigenvalue weighted by Crippen LogP contribution is 2.23. The first-order valence-electron chi connectivity index (χ1n) is 5.77. The SMILES string of the molecule is CCSCC[C@H](N)C(=O)Nc1ccc(O)c(N)c1. The van der Waals surface area contributed by atoms with Crippen molar-refractivity contribution in [2.75, 3.05) is 22.6 Å². The molecule has 5 nitrogen and oxygen atoms in total. The van der Waals surface area contributed by atoms with Crippen molar-refractivity contribution in [1.82, 2.24) is 0 Å². The number of anilines is 2. The first kappa shape index (κ1) is 14.7. The lowest BCUT2D eigenvalue weighted by atomic mass is 10.2. The van der Waals surface area contributed by atoms with E-state index in [9.17, 15) is 9.90 Å². The molecule has 0 radical (unpaired) electrons. The highest BCUT2D eigenvalue weighted by atomic mass is 32.2. The quantitative estimate of drug-likeness (QED) is 0.270. The Morgan fingerprint density at radius 2 is 2.28 bits per heavy atom. The number of thioether (sulfide) groups is 1. The molecule has 100 valence electrons. The van der Waals surface area contributed by atoms with Crippen LogP contribution >= 0.6 is 11.8 Å². The normalized spacial score (nSPS) is 12.1. The zero-order valence-electron chi connectivity index (χ0n) is 10.3. The van der Waals surface area contributed by atoms with Crippen LogP contribution in [0.3, 0.4) is 0 Å². The molecule has 1 aromatic carbocycles. The Morgan fingerprint density at radius 1 is 1.56 bits per heavy atom. The van der Waals surface area contributed by atoms with Crippen molar-refractivity contribution in [3.8, 4) is 5.75 Å². The zero-order valence-corrected chi connectivity index (χ0v) is 11.2.